The highest BCUT2D eigenvalue weighted by atomic mass is 16.6. The van der Waals surface area contributed by atoms with Crippen molar-refractivity contribution in [3.63, 3.8) is 0 Å². The van der Waals surface area contributed by atoms with Gasteiger partial charge in [0.25, 0.3) is 5.91 Å². The van der Waals surface area contributed by atoms with E-state index in [4.69, 9.17) is 16.6 Å². The van der Waals surface area contributed by atoms with Crippen LogP contribution in [0.25, 0.3) is 0 Å². The lowest BCUT2D eigenvalue weighted by atomic mass is 10.2. The number of rotatable bonds is 5. The molecule has 1 atom stereocenters. The summed E-state index contributed by atoms with van der Waals surface area (Å²) in [5, 5.41) is 17.1. The van der Waals surface area contributed by atoms with Crippen LogP contribution in [-0.4, -0.2) is 39.2 Å². The van der Waals surface area contributed by atoms with Gasteiger partial charge in [-0.25, -0.2) is 9.42 Å². The summed E-state index contributed by atoms with van der Waals surface area (Å²) in [6.07, 6.45) is -0.549. The van der Waals surface area contributed by atoms with E-state index in [1.807, 2.05) is 5.32 Å². The van der Waals surface area contributed by atoms with E-state index in [1.54, 1.807) is 0 Å². The number of hydrogen-bond acceptors (Lipinski definition) is 7. The number of primary amides is 1. The largest absolute Gasteiger partial charge is 0.480 e. The van der Waals surface area contributed by atoms with Crippen molar-refractivity contribution in [3.8, 4) is 0 Å². The molecule has 1 rings (SSSR count). The van der Waals surface area contributed by atoms with Gasteiger partial charge < -0.3 is 21.9 Å². The molecule has 0 aromatic carbocycles. The molecular formula is C7H9N5O5. The van der Waals surface area contributed by atoms with Crippen molar-refractivity contribution in [2.45, 2.75) is 12.5 Å². The number of hydrogen-bond donors (Lipinski definition) is 4. The van der Waals surface area contributed by atoms with Gasteiger partial charge in [0, 0.05) is 0 Å². The maximum Gasteiger partial charge on any atom is 0.326 e. The van der Waals surface area contributed by atoms with Crippen LogP contribution in [-0.2, 0) is 9.59 Å². The van der Waals surface area contributed by atoms with Crippen molar-refractivity contribution in [2.75, 3.05) is 5.73 Å². The minimum atomic E-state index is -1.46. The van der Waals surface area contributed by atoms with Gasteiger partial charge in [0.15, 0.2) is 0 Å². The summed E-state index contributed by atoms with van der Waals surface area (Å²) in [5.74, 6) is -3.49. The number of nitrogen functional groups attached to an aromatic ring is 1. The first kappa shape index (κ1) is 12.4. The van der Waals surface area contributed by atoms with E-state index in [0.717, 1.165) is 0 Å². The molecular weight excluding hydrogens is 234 g/mol. The number of nitrogens with one attached hydrogen (secondary N) is 1. The lowest BCUT2D eigenvalue weighted by Gasteiger charge is -2.11. The zero-order valence-corrected chi connectivity index (χ0v) is 8.41. The lowest BCUT2D eigenvalue weighted by Crippen LogP contribution is -2.43. The second-order valence-electron chi connectivity index (χ2n) is 3.03. The summed E-state index contributed by atoms with van der Waals surface area (Å²) in [4.78, 5) is 32.8. The van der Waals surface area contributed by atoms with Gasteiger partial charge >= 0.3 is 5.97 Å². The van der Waals surface area contributed by atoms with Crippen molar-refractivity contribution >= 4 is 23.6 Å². The maximum absolute atomic E-state index is 11.5. The number of carbonyl (C=O) groups is 3. The smallest absolute Gasteiger partial charge is 0.326 e. The van der Waals surface area contributed by atoms with Crippen molar-refractivity contribution < 1.29 is 24.1 Å². The summed E-state index contributed by atoms with van der Waals surface area (Å²) in [5.41, 5.74) is 9.70. The molecule has 17 heavy (non-hydrogen) atoms. The molecule has 92 valence electrons. The van der Waals surface area contributed by atoms with E-state index in [1.165, 1.54) is 0 Å². The Hall–Kier alpha value is -2.65. The van der Waals surface area contributed by atoms with Crippen LogP contribution in [0, 0.1) is 0 Å². The van der Waals surface area contributed by atoms with Gasteiger partial charge in [0.2, 0.25) is 17.4 Å². The molecule has 1 aromatic heterocycles. The predicted molar refractivity (Wildman–Crippen MR) is 51.4 cm³/mol. The molecule has 0 unspecified atom stereocenters. The first-order chi connectivity index (χ1) is 7.91. The van der Waals surface area contributed by atoms with Crippen LogP contribution in [0.2, 0.25) is 0 Å². The number of anilines is 1. The fourth-order valence-electron chi connectivity index (χ4n) is 0.981. The number of carboxylic acids is 1. The fraction of sp³-hybridized carbons (Fsp3) is 0.286. The highest BCUT2D eigenvalue weighted by Crippen LogP contribution is 2.04. The molecule has 0 saturated carbocycles. The summed E-state index contributed by atoms with van der Waals surface area (Å²) in [7, 11) is 0. The van der Waals surface area contributed by atoms with E-state index in [2.05, 4.69) is 14.9 Å². The molecule has 0 radical (unpaired) electrons. The first-order valence-corrected chi connectivity index (χ1v) is 4.31. The molecule has 0 aliphatic rings. The van der Waals surface area contributed by atoms with Crippen molar-refractivity contribution in [1.29, 1.82) is 0 Å². The van der Waals surface area contributed by atoms with Gasteiger partial charge in [-0.05, 0) is 10.3 Å². The molecule has 10 nitrogen and oxygen atoms in total. The summed E-state index contributed by atoms with van der Waals surface area (Å²) in [6.45, 7) is 0. The SMILES string of the molecule is NC(=O)C[C@H](NC(=O)c1nonc1N)C(=O)O. The Balaban J connectivity index is 2.74. The zero-order valence-electron chi connectivity index (χ0n) is 8.41. The van der Waals surface area contributed by atoms with Crippen molar-refractivity contribution in [1.82, 2.24) is 15.6 Å². The van der Waals surface area contributed by atoms with Gasteiger partial charge in [0.05, 0.1) is 6.42 Å². The number of carboxylic acid groups (broad SMARTS) is 1. The van der Waals surface area contributed by atoms with Crippen molar-refractivity contribution in [2.24, 2.45) is 5.73 Å². The molecule has 1 heterocycles. The van der Waals surface area contributed by atoms with Gasteiger partial charge in [-0.15, -0.1) is 0 Å². The van der Waals surface area contributed by atoms with Crippen LogP contribution in [0.4, 0.5) is 5.82 Å². The Kier molecular flexibility index (Phi) is 3.59. The third-order valence-corrected chi connectivity index (χ3v) is 1.74. The van der Waals surface area contributed by atoms with Gasteiger partial charge in [0.1, 0.15) is 6.04 Å². The van der Waals surface area contributed by atoms with Gasteiger partial charge in [-0.1, -0.05) is 0 Å². The Labute approximate surface area is 93.9 Å². The highest BCUT2D eigenvalue weighted by molar-refractivity contribution is 5.98. The molecule has 0 bridgehead atoms. The lowest BCUT2D eigenvalue weighted by molar-refractivity contribution is -0.140. The zero-order chi connectivity index (χ0) is 13.0. The highest BCUT2D eigenvalue weighted by Gasteiger charge is 2.25. The van der Waals surface area contributed by atoms with Gasteiger partial charge in [-0.2, -0.15) is 0 Å². The minimum Gasteiger partial charge on any atom is -0.480 e. The molecule has 0 aliphatic carbocycles. The van der Waals surface area contributed by atoms with E-state index in [0.29, 0.717) is 0 Å². The van der Waals surface area contributed by atoms with Gasteiger partial charge in [-0.3, -0.25) is 9.59 Å². The number of aromatic nitrogens is 2. The molecule has 1 aromatic rings. The molecule has 0 saturated heterocycles. The van der Waals surface area contributed by atoms with Crippen LogP contribution in [0.15, 0.2) is 4.63 Å². The normalized spacial score (nSPS) is 11.8. The molecule has 0 spiro atoms. The predicted octanol–water partition coefficient (Wildman–Crippen LogP) is -2.29. The van der Waals surface area contributed by atoms with Crippen LogP contribution in [0.1, 0.15) is 16.9 Å². The first-order valence-electron chi connectivity index (χ1n) is 4.31. The number of carbonyl (C=O) groups excluding carboxylic acids is 2. The standard InChI is InChI=1S/C7H9N5O5/c8-3(13)1-2(7(15)16)10-6(14)4-5(9)12-17-11-4/h2H,1H2,(H2,8,13)(H2,9,12)(H,10,14)(H,15,16)/t2-/m0/s1. The van der Waals surface area contributed by atoms with Crippen LogP contribution in [0.5, 0.6) is 0 Å². The second-order valence-corrected chi connectivity index (χ2v) is 3.03. The maximum atomic E-state index is 11.5. The van der Waals surface area contributed by atoms with Crippen LogP contribution in [0.3, 0.4) is 0 Å². The van der Waals surface area contributed by atoms with E-state index < -0.39 is 30.2 Å². The van der Waals surface area contributed by atoms with Crippen molar-refractivity contribution in [3.05, 3.63) is 5.69 Å². The summed E-state index contributed by atoms with van der Waals surface area (Å²) < 4.78 is 4.16. The van der Waals surface area contributed by atoms with E-state index in [-0.39, 0.29) is 11.5 Å². The quantitative estimate of drug-likeness (QED) is 0.446. The number of amides is 2. The monoisotopic (exact) mass is 243 g/mol. The fourth-order valence-corrected chi connectivity index (χ4v) is 0.981. The molecule has 2 amide bonds. The third-order valence-electron chi connectivity index (χ3n) is 1.74. The second kappa shape index (κ2) is 4.92. The minimum absolute atomic E-state index is 0.286. The molecule has 0 fully saturated rings. The average Bonchev–Trinajstić information content (AvgIpc) is 2.62. The average molecular weight is 243 g/mol. The number of nitrogens with two attached hydrogens (primary N) is 2. The number of aliphatic carboxylic acids is 1. The van der Waals surface area contributed by atoms with E-state index in [9.17, 15) is 14.4 Å². The Morgan fingerprint density at radius 1 is 1.41 bits per heavy atom. The van der Waals surface area contributed by atoms with Crippen LogP contribution < -0.4 is 16.8 Å². The summed E-state index contributed by atoms with van der Waals surface area (Å²) >= 11 is 0. The van der Waals surface area contributed by atoms with Crippen LogP contribution >= 0.6 is 0 Å². The third kappa shape index (κ3) is 3.15. The number of nitrogens with zero attached hydrogens (tertiary/aromatic N) is 2. The molecule has 10 heteroatoms. The molecule has 0 aliphatic heterocycles. The Morgan fingerprint density at radius 3 is 2.47 bits per heavy atom. The molecule has 6 N–H and O–H groups in total. The topological polar surface area (TPSA) is 174 Å². The van der Waals surface area contributed by atoms with E-state index >= 15 is 0 Å². The Bertz CT molecular complexity index is 455. The summed E-state index contributed by atoms with van der Waals surface area (Å²) in [6, 6.07) is -1.46. The Morgan fingerprint density at radius 2 is 2.06 bits per heavy atom.